The molecule has 1 unspecified atom stereocenters. The smallest absolute Gasteiger partial charge is 0.328 e. The maximum atomic E-state index is 11.9. The Morgan fingerprint density at radius 2 is 2.10 bits per heavy atom. The number of benzene rings is 1. The average Bonchev–Trinajstić information content (AvgIpc) is 2.37. The number of hydrogen-bond donors (Lipinski definition) is 1. The van der Waals surface area contributed by atoms with Crippen LogP contribution in [0.4, 0.5) is 0 Å². The molecule has 0 bridgehead atoms. The zero-order valence-electron chi connectivity index (χ0n) is 12.6. The lowest BCUT2D eigenvalue weighted by Gasteiger charge is -2.15. The van der Waals surface area contributed by atoms with E-state index in [1.165, 1.54) is 0 Å². The Hall–Kier alpha value is -1.59. The van der Waals surface area contributed by atoms with Crippen LogP contribution in [0, 0.1) is 0 Å². The second-order valence-corrected chi connectivity index (χ2v) is 5.50. The third-order valence-corrected chi connectivity index (χ3v) is 3.00. The Bertz CT molecular complexity index is 492. The highest BCUT2D eigenvalue weighted by Crippen LogP contribution is 2.11. The maximum Gasteiger partial charge on any atom is 0.328 e. The molecule has 0 aliphatic carbocycles. The molecule has 1 N–H and O–H groups in total. The van der Waals surface area contributed by atoms with Gasteiger partial charge in [-0.3, -0.25) is 4.79 Å². The van der Waals surface area contributed by atoms with E-state index in [1.807, 2.05) is 25.1 Å². The minimum absolute atomic E-state index is 0.176. The van der Waals surface area contributed by atoms with E-state index in [4.69, 9.17) is 16.3 Å². The van der Waals surface area contributed by atoms with Gasteiger partial charge in [0.2, 0.25) is 5.91 Å². The maximum absolute atomic E-state index is 11.9. The summed E-state index contributed by atoms with van der Waals surface area (Å²) in [5.41, 5.74) is 0.799. The van der Waals surface area contributed by atoms with E-state index in [0.717, 1.165) is 5.56 Å². The highest BCUT2D eigenvalue weighted by atomic mass is 35.5. The van der Waals surface area contributed by atoms with E-state index in [1.54, 1.807) is 25.1 Å². The topological polar surface area (TPSA) is 58.6 Å². The van der Waals surface area contributed by atoms with Gasteiger partial charge in [0.1, 0.15) is 12.6 Å². The lowest BCUT2D eigenvalue weighted by atomic mass is 10.1. The van der Waals surface area contributed by atoms with Crippen molar-refractivity contribution in [1.29, 1.82) is 0 Å². The van der Waals surface area contributed by atoms with Crippen LogP contribution in [0.5, 0.6) is 0 Å². The number of carbonyl (C=O) groups is 2. The van der Waals surface area contributed by atoms with Crippen LogP contribution in [0.1, 0.15) is 12.5 Å². The Labute approximate surface area is 130 Å². The molecule has 1 aromatic rings. The van der Waals surface area contributed by atoms with Crippen LogP contribution in [0.15, 0.2) is 24.3 Å². The molecule has 0 fully saturated rings. The minimum atomic E-state index is -0.668. The molecule has 1 rings (SSSR count). The normalized spacial score (nSPS) is 12.0. The highest BCUT2D eigenvalue weighted by Gasteiger charge is 2.17. The van der Waals surface area contributed by atoms with E-state index in [-0.39, 0.29) is 12.3 Å². The molecule has 21 heavy (non-hydrogen) atoms. The van der Waals surface area contributed by atoms with Crippen molar-refractivity contribution in [3.63, 3.8) is 0 Å². The molecule has 1 aromatic carbocycles. The Kier molecular flexibility index (Phi) is 7.19. The van der Waals surface area contributed by atoms with Crippen LogP contribution < -0.4 is 5.32 Å². The van der Waals surface area contributed by atoms with Gasteiger partial charge in [0.25, 0.3) is 0 Å². The van der Waals surface area contributed by atoms with E-state index in [0.29, 0.717) is 18.2 Å². The molecule has 0 aromatic heterocycles. The van der Waals surface area contributed by atoms with E-state index >= 15 is 0 Å². The molecule has 0 radical (unpaired) electrons. The number of carbonyl (C=O) groups excluding carboxylic acids is 2. The summed E-state index contributed by atoms with van der Waals surface area (Å²) in [4.78, 5) is 25.5. The van der Waals surface area contributed by atoms with Gasteiger partial charge in [0.05, 0.1) is 6.42 Å². The van der Waals surface area contributed by atoms with Crippen LogP contribution in [-0.2, 0) is 20.7 Å². The fourth-order valence-corrected chi connectivity index (χ4v) is 1.85. The zero-order valence-corrected chi connectivity index (χ0v) is 13.3. The van der Waals surface area contributed by atoms with Crippen molar-refractivity contribution >= 4 is 23.5 Å². The van der Waals surface area contributed by atoms with Gasteiger partial charge in [-0.15, -0.1) is 0 Å². The summed E-state index contributed by atoms with van der Waals surface area (Å²) in [6, 6.07) is 6.39. The molecule has 5 nitrogen and oxygen atoms in total. The van der Waals surface area contributed by atoms with Crippen LogP contribution >= 0.6 is 11.6 Å². The number of likely N-dealkylation sites (N-methyl/N-ethyl adjacent to an activating group) is 1. The fraction of sp³-hybridized carbons (Fsp3) is 0.467. The third kappa shape index (κ3) is 7.11. The molecule has 1 atom stereocenters. The van der Waals surface area contributed by atoms with Crippen molar-refractivity contribution in [2.75, 3.05) is 27.2 Å². The Morgan fingerprint density at radius 3 is 2.71 bits per heavy atom. The number of halogens is 1. The van der Waals surface area contributed by atoms with E-state index in [2.05, 4.69) is 5.32 Å². The van der Waals surface area contributed by atoms with Crippen molar-refractivity contribution in [2.24, 2.45) is 0 Å². The zero-order chi connectivity index (χ0) is 15.8. The van der Waals surface area contributed by atoms with Crippen molar-refractivity contribution in [1.82, 2.24) is 10.2 Å². The van der Waals surface area contributed by atoms with Gasteiger partial charge in [-0.1, -0.05) is 23.7 Å². The van der Waals surface area contributed by atoms with Crippen molar-refractivity contribution < 1.29 is 14.3 Å². The lowest BCUT2D eigenvalue weighted by Crippen LogP contribution is -2.40. The first-order valence-electron chi connectivity index (χ1n) is 6.73. The van der Waals surface area contributed by atoms with Gasteiger partial charge < -0.3 is 15.0 Å². The van der Waals surface area contributed by atoms with Crippen LogP contribution in [0.25, 0.3) is 0 Å². The number of hydrogen-bond acceptors (Lipinski definition) is 4. The van der Waals surface area contributed by atoms with Crippen molar-refractivity contribution in [3.8, 4) is 0 Å². The highest BCUT2D eigenvalue weighted by molar-refractivity contribution is 6.30. The quantitative estimate of drug-likeness (QED) is 0.775. The minimum Gasteiger partial charge on any atom is -0.463 e. The van der Waals surface area contributed by atoms with Crippen LogP contribution in [0.3, 0.4) is 0 Å². The van der Waals surface area contributed by atoms with Gasteiger partial charge in [-0.05, 0) is 38.7 Å². The third-order valence-electron chi connectivity index (χ3n) is 2.77. The predicted octanol–water partition coefficient (Wildman–Crippen LogP) is 1.49. The first-order valence-corrected chi connectivity index (χ1v) is 7.11. The SMILES string of the molecule is CC(NC(=O)Cc1cccc(Cl)c1)C(=O)OCCN(C)C. The number of ether oxygens (including phenoxy) is 1. The summed E-state index contributed by atoms with van der Waals surface area (Å²) in [5.74, 6) is -0.675. The largest absolute Gasteiger partial charge is 0.463 e. The number of esters is 1. The Balaban J connectivity index is 2.37. The molecule has 0 spiro atoms. The second-order valence-electron chi connectivity index (χ2n) is 5.07. The molecule has 116 valence electrons. The monoisotopic (exact) mass is 312 g/mol. The van der Waals surface area contributed by atoms with Gasteiger partial charge in [-0.25, -0.2) is 4.79 Å². The second kappa shape index (κ2) is 8.64. The molecular formula is C15H21ClN2O3. The van der Waals surface area contributed by atoms with Crippen molar-refractivity contribution in [3.05, 3.63) is 34.9 Å². The summed E-state index contributed by atoms with van der Waals surface area (Å²) in [5, 5.41) is 3.20. The van der Waals surface area contributed by atoms with Gasteiger partial charge in [0.15, 0.2) is 0 Å². The first kappa shape index (κ1) is 17.5. The summed E-state index contributed by atoms with van der Waals surface area (Å²) in [6.07, 6.45) is 0.176. The summed E-state index contributed by atoms with van der Waals surface area (Å²) in [6.45, 7) is 2.56. The summed E-state index contributed by atoms with van der Waals surface area (Å²) in [7, 11) is 3.79. The van der Waals surface area contributed by atoms with Crippen molar-refractivity contribution in [2.45, 2.75) is 19.4 Å². The van der Waals surface area contributed by atoms with Crippen LogP contribution in [0.2, 0.25) is 5.02 Å². The average molecular weight is 313 g/mol. The van der Waals surface area contributed by atoms with Crippen LogP contribution in [-0.4, -0.2) is 50.1 Å². The molecule has 0 aliphatic rings. The summed E-state index contributed by atoms with van der Waals surface area (Å²) >= 11 is 5.86. The molecule has 0 saturated carbocycles. The molecular weight excluding hydrogens is 292 g/mol. The molecule has 1 amide bonds. The van der Waals surface area contributed by atoms with E-state index < -0.39 is 12.0 Å². The van der Waals surface area contributed by atoms with E-state index in [9.17, 15) is 9.59 Å². The number of amides is 1. The molecule has 0 heterocycles. The Morgan fingerprint density at radius 1 is 1.38 bits per heavy atom. The molecule has 0 saturated heterocycles. The standard InChI is InChI=1S/C15H21ClN2O3/c1-11(15(20)21-8-7-18(2)3)17-14(19)10-12-5-4-6-13(16)9-12/h4-6,9,11H,7-8,10H2,1-3H3,(H,17,19). The predicted molar refractivity (Wildman–Crippen MR) is 82.3 cm³/mol. The number of nitrogens with one attached hydrogen (secondary N) is 1. The number of rotatable bonds is 7. The van der Waals surface area contributed by atoms with Gasteiger partial charge in [0, 0.05) is 11.6 Å². The summed E-state index contributed by atoms with van der Waals surface area (Å²) < 4.78 is 5.07. The first-order chi connectivity index (χ1) is 9.88. The lowest BCUT2D eigenvalue weighted by molar-refractivity contribution is -0.147. The molecule has 0 aliphatic heterocycles. The molecule has 6 heteroatoms. The number of nitrogens with zero attached hydrogens (tertiary/aromatic N) is 1. The van der Waals surface area contributed by atoms with Gasteiger partial charge >= 0.3 is 5.97 Å². The van der Waals surface area contributed by atoms with Gasteiger partial charge in [-0.2, -0.15) is 0 Å². The fourth-order valence-electron chi connectivity index (χ4n) is 1.64.